The number of nitrogens with zero attached hydrogens (tertiary/aromatic N) is 6. The minimum absolute atomic E-state index is 0.126. The van der Waals surface area contributed by atoms with Crippen LogP contribution in [0.15, 0.2) is 35.2 Å². The Labute approximate surface area is 196 Å². The second kappa shape index (κ2) is 9.46. The standard InChI is InChI=1S/C23H26N8O3/c1-4-31-17-12-18(33-13-15(24)11-14-6-9-26-10-7-14)27-16(5-8-23(2,3)32)19(17)28-22(31)20-21(25)30-34-29-20/h6-7,9-10,12,15,32H,4,11,13,24H2,1-3H3,(H2,25,30)/t15-/m1/s1. The van der Waals surface area contributed by atoms with Gasteiger partial charge in [0.05, 0.1) is 5.52 Å². The number of hydrogen-bond donors (Lipinski definition) is 3. The van der Waals surface area contributed by atoms with Gasteiger partial charge in [-0.15, -0.1) is 0 Å². The topological polar surface area (TPSA) is 164 Å². The number of anilines is 1. The van der Waals surface area contributed by atoms with Gasteiger partial charge in [-0.3, -0.25) is 4.98 Å². The van der Waals surface area contributed by atoms with Crippen LogP contribution in [0.5, 0.6) is 5.88 Å². The van der Waals surface area contributed by atoms with E-state index >= 15 is 0 Å². The number of nitrogen functional groups attached to an aromatic ring is 1. The van der Waals surface area contributed by atoms with E-state index in [9.17, 15) is 5.11 Å². The maximum atomic E-state index is 10.1. The summed E-state index contributed by atoms with van der Waals surface area (Å²) in [6.07, 6.45) is 4.09. The third-order valence-corrected chi connectivity index (χ3v) is 4.93. The molecule has 0 aliphatic carbocycles. The zero-order valence-corrected chi connectivity index (χ0v) is 19.2. The lowest BCUT2D eigenvalue weighted by Crippen LogP contribution is -2.30. The van der Waals surface area contributed by atoms with E-state index in [0.717, 1.165) is 5.56 Å². The van der Waals surface area contributed by atoms with E-state index in [-0.39, 0.29) is 18.5 Å². The van der Waals surface area contributed by atoms with Gasteiger partial charge in [0, 0.05) is 31.0 Å². The number of hydrogen-bond acceptors (Lipinski definition) is 10. The van der Waals surface area contributed by atoms with Crippen molar-refractivity contribution in [2.24, 2.45) is 5.73 Å². The van der Waals surface area contributed by atoms with Crippen molar-refractivity contribution in [2.45, 2.75) is 45.4 Å². The van der Waals surface area contributed by atoms with Gasteiger partial charge in [0.25, 0.3) is 0 Å². The Kier molecular flexibility index (Phi) is 6.45. The predicted octanol–water partition coefficient (Wildman–Crippen LogP) is 1.55. The van der Waals surface area contributed by atoms with Gasteiger partial charge in [0.1, 0.15) is 23.4 Å². The van der Waals surface area contributed by atoms with Crippen LogP contribution in [-0.2, 0) is 13.0 Å². The molecule has 0 radical (unpaired) electrons. The molecule has 4 aromatic heterocycles. The first-order valence-electron chi connectivity index (χ1n) is 10.8. The molecule has 11 nitrogen and oxygen atoms in total. The Morgan fingerprint density at radius 3 is 2.65 bits per heavy atom. The Morgan fingerprint density at radius 1 is 1.24 bits per heavy atom. The van der Waals surface area contributed by atoms with Gasteiger partial charge in [-0.05, 0) is 61.1 Å². The van der Waals surface area contributed by atoms with Gasteiger partial charge < -0.3 is 25.9 Å². The van der Waals surface area contributed by atoms with Gasteiger partial charge in [-0.1, -0.05) is 5.92 Å². The van der Waals surface area contributed by atoms with E-state index in [2.05, 4.69) is 37.1 Å². The summed E-state index contributed by atoms with van der Waals surface area (Å²) in [5.74, 6) is 6.64. The van der Waals surface area contributed by atoms with Gasteiger partial charge in [0.15, 0.2) is 17.3 Å². The highest BCUT2D eigenvalue weighted by molar-refractivity contribution is 5.86. The Hall–Kier alpha value is -4.01. The van der Waals surface area contributed by atoms with E-state index in [0.29, 0.717) is 47.1 Å². The summed E-state index contributed by atoms with van der Waals surface area (Å²) in [4.78, 5) is 13.2. The normalized spacial score (nSPS) is 12.4. The average molecular weight is 463 g/mol. The van der Waals surface area contributed by atoms with Crippen molar-refractivity contribution in [3.8, 4) is 29.2 Å². The number of fused-ring (bicyclic) bond motifs is 1. The summed E-state index contributed by atoms with van der Waals surface area (Å²) >= 11 is 0. The van der Waals surface area contributed by atoms with Crippen molar-refractivity contribution >= 4 is 16.9 Å². The Morgan fingerprint density at radius 2 is 2.00 bits per heavy atom. The quantitative estimate of drug-likeness (QED) is 0.343. The third kappa shape index (κ3) is 5.14. The molecule has 5 N–H and O–H groups in total. The first-order valence-corrected chi connectivity index (χ1v) is 10.8. The van der Waals surface area contributed by atoms with E-state index in [1.807, 2.05) is 23.6 Å². The molecule has 176 valence electrons. The Balaban J connectivity index is 1.72. The summed E-state index contributed by atoms with van der Waals surface area (Å²) in [5.41, 5.74) is 13.9. The predicted molar refractivity (Wildman–Crippen MR) is 125 cm³/mol. The number of aryl methyl sites for hydroxylation is 1. The van der Waals surface area contributed by atoms with Gasteiger partial charge in [0.2, 0.25) is 5.88 Å². The van der Waals surface area contributed by atoms with Crippen molar-refractivity contribution in [3.05, 3.63) is 41.9 Å². The molecule has 4 heterocycles. The molecular weight excluding hydrogens is 436 g/mol. The highest BCUT2D eigenvalue weighted by atomic mass is 16.6. The fourth-order valence-electron chi connectivity index (χ4n) is 3.40. The minimum atomic E-state index is -1.21. The van der Waals surface area contributed by atoms with Crippen molar-refractivity contribution < 1.29 is 14.5 Å². The molecule has 0 saturated carbocycles. The number of nitrogens with two attached hydrogens (primary N) is 2. The first-order chi connectivity index (χ1) is 16.2. The van der Waals surface area contributed by atoms with Gasteiger partial charge in [-0.25, -0.2) is 14.6 Å². The van der Waals surface area contributed by atoms with Crippen molar-refractivity contribution in [1.82, 2.24) is 29.8 Å². The fourth-order valence-corrected chi connectivity index (χ4v) is 3.40. The van der Waals surface area contributed by atoms with Crippen molar-refractivity contribution in [1.29, 1.82) is 0 Å². The molecule has 4 rings (SSSR count). The molecule has 0 spiro atoms. The number of pyridine rings is 2. The molecule has 0 unspecified atom stereocenters. The number of rotatable bonds is 7. The van der Waals surface area contributed by atoms with Crippen LogP contribution < -0.4 is 16.2 Å². The number of ether oxygens (including phenoxy) is 1. The highest BCUT2D eigenvalue weighted by Gasteiger charge is 2.22. The summed E-state index contributed by atoms with van der Waals surface area (Å²) in [7, 11) is 0. The van der Waals surface area contributed by atoms with Crippen LogP contribution in [0.25, 0.3) is 22.6 Å². The minimum Gasteiger partial charge on any atom is -0.476 e. The van der Waals surface area contributed by atoms with E-state index in [1.54, 1.807) is 32.3 Å². The van der Waals surface area contributed by atoms with Crippen LogP contribution in [-0.4, -0.2) is 53.2 Å². The number of imidazole rings is 1. The third-order valence-electron chi connectivity index (χ3n) is 4.93. The second-order valence-electron chi connectivity index (χ2n) is 8.29. The maximum absolute atomic E-state index is 10.1. The van der Waals surface area contributed by atoms with Gasteiger partial charge >= 0.3 is 0 Å². The molecule has 0 amide bonds. The molecule has 0 aromatic carbocycles. The zero-order valence-electron chi connectivity index (χ0n) is 19.2. The molecule has 0 aliphatic rings. The zero-order chi connectivity index (χ0) is 24.3. The molecule has 1 atom stereocenters. The number of aliphatic hydroxyl groups is 1. The molecule has 0 bridgehead atoms. The van der Waals surface area contributed by atoms with Crippen LogP contribution in [0.2, 0.25) is 0 Å². The van der Waals surface area contributed by atoms with Crippen molar-refractivity contribution in [3.63, 3.8) is 0 Å². The van der Waals surface area contributed by atoms with Crippen LogP contribution >= 0.6 is 0 Å². The SMILES string of the molecule is CCn1c(-c2nonc2N)nc2c(C#CC(C)(C)O)nc(OC[C@H](N)Cc3ccncc3)cc21. The molecular formula is C23H26N8O3. The lowest BCUT2D eigenvalue weighted by molar-refractivity contribution is 0.143. The lowest BCUT2D eigenvalue weighted by Gasteiger charge is -2.13. The van der Waals surface area contributed by atoms with Crippen LogP contribution in [0.1, 0.15) is 32.0 Å². The van der Waals surface area contributed by atoms with Crippen LogP contribution in [0.3, 0.4) is 0 Å². The smallest absolute Gasteiger partial charge is 0.216 e. The fraction of sp³-hybridized carbons (Fsp3) is 0.348. The second-order valence-corrected chi connectivity index (χ2v) is 8.29. The number of aromatic nitrogens is 6. The van der Waals surface area contributed by atoms with E-state index in [1.165, 1.54) is 0 Å². The highest BCUT2D eigenvalue weighted by Crippen LogP contribution is 2.29. The molecule has 11 heteroatoms. The van der Waals surface area contributed by atoms with Crippen molar-refractivity contribution in [2.75, 3.05) is 12.3 Å². The van der Waals surface area contributed by atoms with E-state index < -0.39 is 5.60 Å². The maximum Gasteiger partial charge on any atom is 0.216 e. The molecule has 0 fully saturated rings. The van der Waals surface area contributed by atoms with Crippen LogP contribution in [0, 0.1) is 11.8 Å². The molecule has 4 aromatic rings. The monoisotopic (exact) mass is 462 g/mol. The van der Waals surface area contributed by atoms with Crippen LogP contribution in [0.4, 0.5) is 5.82 Å². The largest absolute Gasteiger partial charge is 0.476 e. The summed E-state index contributed by atoms with van der Waals surface area (Å²) in [5, 5.41) is 17.6. The summed E-state index contributed by atoms with van der Waals surface area (Å²) in [6, 6.07) is 5.35. The average Bonchev–Trinajstić information content (AvgIpc) is 3.38. The first kappa shape index (κ1) is 23.2. The Bertz CT molecular complexity index is 1350. The summed E-state index contributed by atoms with van der Waals surface area (Å²) in [6.45, 7) is 5.94. The van der Waals surface area contributed by atoms with E-state index in [4.69, 9.17) is 20.8 Å². The summed E-state index contributed by atoms with van der Waals surface area (Å²) < 4.78 is 12.6. The molecule has 0 aliphatic heterocycles. The molecule has 34 heavy (non-hydrogen) atoms. The lowest BCUT2D eigenvalue weighted by atomic mass is 10.1. The molecule has 0 saturated heterocycles. The van der Waals surface area contributed by atoms with Gasteiger partial charge in [-0.2, -0.15) is 0 Å².